The summed E-state index contributed by atoms with van der Waals surface area (Å²) in [4.78, 5) is 38.1. The lowest BCUT2D eigenvalue weighted by Gasteiger charge is -2.16. The molecule has 146 valence electrons. The van der Waals surface area contributed by atoms with Crippen LogP contribution in [0.15, 0.2) is 65.5 Å². The number of nitrogens with one attached hydrogen (secondary N) is 2. The monoisotopic (exact) mass is 389 g/mol. The molecule has 4 rings (SSSR count). The topological polar surface area (TPSA) is 91.7 Å². The van der Waals surface area contributed by atoms with Crippen molar-refractivity contribution in [2.75, 3.05) is 22.1 Å². The van der Waals surface area contributed by atoms with Crippen LogP contribution in [0.1, 0.15) is 33.2 Å². The maximum Gasteiger partial charge on any atom is 0.261 e. The lowest BCUT2D eigenvalue weighted by molar-refractivity contribution is -0.114. The molecule has 2 N–H and O–H groups in total. The SMILES string of the molecule is CC(=O)Nc1cccc(C(=O)Nc2ccc3c(c2)CCN3C(=O)c2ccoc2)c1. The summed E-state index contributed by atoms with van der Waals surface area (Å²) in [5.41, 5.74) is 3.99. The van der Waals surface area contributed by atoms with Crippen LogP contribution in [-0.2, 0) is 11.2 Å². The molecule has 3 aromatic rings. The Morgan fingerprint density at radius 3 is 2.55 bits per heavy atom. The first-order chi connectivity index (χ1) is 14.0. The molecule has 7 heteroatoms. The van der Waals surface area contributed by atoms with Gasteiger partial charge in [-0.05, 0) is 54.4 Å². The number of anilines is 3. The molecule has 2 heterocycles. The minimum absolute atomic E-state index is 0.107. The molecule has 0 bridgehead atoms. The van der Waals surface area contributed by atoms with E-state index in [1.54, 1.807) is 41.3 Å². The Balaban J connectivity index is 1.49. The van der Waals surface area contributed by atoms with E-state index in [4.69, 9.17) is 4.42 Å². The summed E-state index contributed by atoms with van der Waals surface area (Å²) in [6.45, 7) is 1.99. The number of amides is 3. The number of hydrogen-bond donors (Lipinski definition) is 2. The van der Waals surface area contributed by atoms with Crippen molar-refractivity contribution < 1.29 is 18.8 Å². The number of furan rings is 1. The molecular formula is C22H19N3O4. The van der Waals surface area contributed by atoms with Crippen LogP contribution >= 0.6 is 0 Å². The van der Waals surface area contributed by atoms with Crippen molar-refractivity contribution in [2.45, 2.75) is 13.3 Å². The van der Waals surface area contributed by atoms with Gasteiger partial charge in [0.2, 0.25) is 5.91 Å². The van der Waals surface area contributed by atoms with E-state index < -0.39 is 0 Å². The molecule has 0 saturated carbocycles. The summed E-state index contributed by atoms with van der Waals surface area (Å²) >= 11 is 0. The van der Waals surface area contributed by atoms with E-state index in [0.717, 1.165) is 11.3 Å². The summed E-state index contributed by atoms with van der Waals surface area (Å²) in [6, 6.07) is 13.9. The first kappa shape index (κ1) is 18.5. The van der Waals surface area contributed by atoms with E-state index in [0.29, 0.717) is 35.5 Å². The van der Waals surface area contributed by atoms with Crippen molar-refractivity contribution in [1.82, 2.24) is 0 Å². The first-order valence-corrected chi connectivity index (χ1v) is 9.17. The molecule has 7 nitrogen and oxygen atoms in total. The van der Waals surface area contributed by atoms with Crippen molar-refractivity contribution in [1.29, 1.82) is 0 Å². The Kier molecular flexibility index (Phi) is 4.87. The second-order valence-corrected chi connectivity index (χ2v) is 6.78. The normalized spacial score (nSPS) is 12.4. The fourth-order valence-electron chi connectivity index (χ4n) is 3.38. The highest BCUT2D eigenvalue weighted by Crippen LogP contribution is 2.32. The summed E-state index contributed by atoms with van der Waals surface area (Å²) in [7, 11) is 0. The average molecular weight is 389 g/mol. The van der Waals surface area contributed by atoms with Gasteiger partial charge < -0.3 is 20.0 Å². The summed E-state index contributed by atoms with van der Waals surface area (Å²) in [5.74, 6) is -0.582. The highest BCUT2D eigenvalue weighted by molar-refractivity contribution is 6.08. The molecule has 0 aliphatic carbocycles. The third kappa shape index (κ3) is 3.89. The largest absolute Gasteiger partial charge is 0.472 e. The molecule has 2 aromatic carbocycles. The third-order valence-corrected chi connectivity index (χ3v) is 4.69. The Bertz CT molecular complexity index is 1090. The number of carbonyl (C=O) groups excluding carboxylic acids is 3. The van der Waals surface area contributed by atoms with Crippen LogP contribution in [0, 0.1) is 0 Å². The van der Waals surface area contributed by atoms with Gasteiger partial charge in [-0.2, -0.15) is 0 Å². The van der Waals surface area contributed by atoms with E-state index in [1.165, 1.54) is 19.5 Å². The van der Waals surface area contributed by atoms with E-state index in [1.807, 2.05) is 12.1 Å². The minimum atomic E-state index is -0.276. The van der Waals surface area contributed by atoms with Gasteiger partial charge in [0.1, 0.15) is 6.26 Å². The molecule has 0 atom stereocenters. The molecule has 1 aliphatic rings. The van der Waals surface area contributed by atoms with Crippen molar-refractivity contribution in [3.8, 4) is 0 Å². The van der Waals surface area contributed by atoms with Gasteiger partial charge in [0.15, 0.2) is 0 Å². The summed E-state index contributed by atoms with van der Waals surface area (Å²) in [5, 5.41) is 5.53. The molecule has 0 radical (unpaired) electrons. The zero-order chi connectivity index (χ0) is 20.4. The summed E-state index contributed by atoms with van der Waals surface area (Å²) < 4.78 is 5.00. The fraction of sp³-hybridized carbons (Fsp3) is 0.136. The molecular weight excluding hydrogens is 370 g/mol. The van der Waals surface area contributed by atoms with E-state index in [9.17, 15) is 14.4 Å². The maximum atomic E-state index is 12.6. The number of carbonyl (C=O) groups is 3. The van der Waals surface area contributed by atoms with Gasteiger partial charge in [0.25, 0.3) is 11.8 Å². The zero-order valence-corrected chi connectivity index (χ0v) is 15.8. The molecule has 3 amide bonds. The number of benzene rings is 2. The number of nitrogens with zero attached hydrogens (tertiary/aromatic N) is 1. The number of rotatable bonds is 4. The minimum Gasteiger partial charge on any atom is -0.472 e. The quantitative estimate of drug-likeness (QED) is 0.712. The van der Waals surface area contributed by atoms with Gasteiger partial charge in [-0.1, -0.05) is 6.07 Å². The predicted molar refractivity (Wildman–Crippen MR) is 109 cm³/mol. The smallest absolute Gasteiger partial charge is 0.261 e. The molecule has 0 fully saturated rings. The molecule has 0 spiro atoms. The highest BCUT2D eigenvalue weighted by Gasteiger charge is 2.26. The van der Waals surface area contributed by atoms with Crippen LogP contribution in [0.3, 0.4) is 0 Å². The summed E-state index contributed by atoms with van der Waals surface area (Å²) in [6.07, 6.45) is 3.62. The fourth-order valence-corrected chi connectivity index (χ4v) is 3.38. The second-order valence-electron chi connectivity index (χ2n) is 6.78. The molecule has 1 aromatic heterocycles. The van der Waals surface area contributed by atoms with Gasteiger partial charge >= 0.3 is 0 Å². The van der Waals surface area contributed by atoms with Crippen LogP contribution < -0.4 is 15.5 Å². The van der Waals surface area contributed by atoms with Crippen LogP contribution in [-0.4, -0.2) is 24.3 Å². The van der Waals surface area contributed by atoms with Crippen LogP contribution in [0.25, 0.3) is 0 Å². The van der Waals surface area contributed by atoms with Crippen LogP contribution in [0.2, 0.25) is 0 Å². The van der Waals surface area contributed by atoms with Crippen molar-refractivity contribution >= 4 is 34.8 Å². The Morgan fingerprint density at radius 1 is 0.966 bits per heavy atom. The molecule has 0 saturated heterocycles. The van der Waals surface area contributed by atoms with Gasteiger partial charge in [-0.25, -0.2) is 0 Å². The predicted octanol–water partition coefficient (Wildman–Crippen LogP) is 3.69. The molecule has 1 aliphatic heterocycles. The Hall–Kier alpha value is -3.87. The van der Waals surface area contributed by atoms with Gasteiger partial charge in [-0.15, -0.1) is 0 Å². The average Bonchev–Trinajstić information content (AvgIpc) is 3.37. The third-order valence-electron chi connectivity index (χ3n) is 4.69. The zero-order valence-electron chi connectivity index (χ0n) is 15.8. The van der Waals surface area contributed by atoms with Crippen molar-refractivity contribution in [3.05, 3.63) is 77.7 Å². The van der Waals surface area contributed by atoms with Crippen molar-refractivity contribution in [3.63, 3.8) is 0 Å². The van der Waals surface area contributed by atoms with Crippen molar-refractivity contribution in [2.24, 2.45) is 0 Å². The van der Waals surface area contributed by atoms with Gasteiger partial charge in [-0.3, -0.25) is 14.4 Å². The molecule has 29 heavy (non-hydrogen) atoms. The van der Waals surface area contributed by atoms with Gasteiger partial charge in [0, 0.05) is 36.1 Å². The van der Waals surface area contributed by atoms with E-state index in [-0.39, 0.29) is 17.7 Å². The standard InChI is InChI=1S/C22H19N3O4/c1-14(26)23-18-4-2-3-16(12-18)21(27)24-19-5-6-20-15(11-19)7-9-25(20)22(28)17-8-10-29-13-17/h2-6,8,10-13H,7,9H2,1H3,(H,23,26)(H,24,27). The van der Waals surface area contributed by atoms with E-state index >= 15 is 0 Å². The Labute approximate surface area is 167 Å². The lowest BCUT2D eigenvalue weighted by atomic mass is 10.1. The van der Waals surface area contributed by atoms with Crippen LogP contribution in [0.5, 0.6) is 0 Å². The molecule has 0 unspecified atom stereocenters. The Morgan fingerprint density at radius 2 is 1.79 bits per heavy atom. The maximum absolute atomic E-state index is 12.6. The second kappa shape index (κ2) is 7.63. The van der Waals surface area contributed by atoms with Crippen LogP contribution in [0.4, 0.5) is 17.1 Å². The lowest BCUT2D eigenvalue weighted by Crippen LogP contribution is -2.28. The highest BCUT2D eigenvalue weighted by atomic mass is 16.3. The van der Waals surface area contributed by atoms with Gasteiger partial charge in [0.05, 0.1) is 11.8 Å². The number of hydrogen-bond acceptors (Lipinski definition) is 4. The van der Waals surface area contributed by atoms with E-state index in [2.05, 4.69) is 10.6 Å². The number of fused-ring (bicyclic) bond motifs is 1. The first-order valence-electron chi connectivity index (χ1n) is 9.17.